The van der Waals surface area contributed by atoms with Gasteiger partial charge in [0.2, 0.25) is 5.91 Å². The molecule has 2 aliphatic rings. The van der Waals surface area contributed by atoms with Crippen molar-refractivity contribution in [3.8, 4) is 5.75 Å². The van der Waals surface area contributed by atoms with Gasteiger partial charge in [-0.15, -0.1) is 0 Å². The molecule has 0 fully saturated rings. The van der Waals surface area contributed by atoms with Gasteiger partial charge in [-0.3, -0.25) is 14.5 Å². The molecule has 0 saturated heterocycles. The van der Waals surface area contributed by atoms with Crippen LogP contribution in [0.2, 0.25) is 5.02 Å². The van der Waals surface area contributed by atoms with Crippen LogP contribution in [0.3, 0.4) is 0 Å². The van der Waals surface area contributed by atoms with E-state index in [1.54, 1.807) is 12.0 Å². The lowest BCUT2D eigenvalue weighted by atomic mass is 9.78. The molecule has 1 amide bonds. The Hall–Kier alpha value is -3.57. The first-order valence-electron chi connectivity index (χ1n) is 11.8. The molecule has 6 heteroatoms. The largest absolute Gasteiger partial charge is 0.497 e. The molecule has 5 rings (SSSR count). The smallest absolute Gasteiger partial charge is 0.227 e. The van der Waals surface area contributed by atoms with Crippen LogP contribution in [0.4, 0.5) is 11.4 Å². The number of amides is 1. The third-order valence-corrected chi connectivity index (χ3v) is 7.08. The third kappa shape index (κ3) is 4.32. The summed E-state index contributed by atoms with van der Waals surface area (Å²) < 4.78 is 5.30. The van der Waals surface area contributed by atoms with Gasteiger partial charge in [0, 0.05) is 29.1 Å². The van der Waals surface area contributed by atoms with Crippen molar-refractivity contribution < 1.29 is 14.3 Å². The molecule has 1 N–H and O–H groups in total. The highest BCUT2D eigenvalue weighted by atomic mass is 35.5. The van der Waals surface area contributed by atoms with Gasteiger partial charge in [-0.1, -0.05) is 54.9 Å². The van der Waals surface area contributed by atoms with Gasteiger partial charge in [0.15, 0.2) is 5.78 Å². The molecule has 1 aliphatic heterocycles. The molecule has 1 aliphatic carbocycles. The molecule has 35 heavy (non-hydrogen) atoms. The van der Waals surface area contributed by atoms with Gasteiger partial charge in [0.25, 0.3) is 0 Å². The molecule has 0 spiro atoms. The first-order valence-corrected chi connectivity index (χ1v) is 12.2. The van der Waals surface area contributed by atoms with E-state index in [4.69, 9.17) is 16.3 Å². The molecule has 5 nitrogen and oxygen atoms in total. The zero-order valence-electron chi connectivity index (χ0n) is 19.8. The third-order valence-electron chi connectivity index (χ3n) is 6.83. The second kappa shape index (κ2) is 9.59. The second-order valence-corrected chi connectivity index (χ2v) is 9.34. The van der Waals surface area contributed by atoms with Crippen LogP contribution in [0.5, 0.6) is 5.75 Å². The summed E-state index contributed by atoms with van der Waals surface area (Å²) in [5.41, 5.74) is 5.05. The average molecular weight is 487 g/mol. The minimum atomic E-state index is -0.532. The number of ether oxygens (including phenoxy) is 1. The van der Waals surface area contributed by atoms with Crippen LogP contribution in [0, 0.1) is 0 Å². The first-order chi connectivity index (χ1) is 17.0. The molecule has 0 unspecified atom stereocenters. The van der Waals surface area contributed by atoms with Gasteiger partial charge in [0.1, 0.15) is 5.75 Å². The monoisotopic (exact) mass is 486 g/mol. The number of Topliss-reactive ketones (excluding diaryl/α,β-unsaturated/α-hetero) is 1. The number of nitrogens with zero attached hydrogens (tertiary/aromatic N) is 1. The van der Waals surface area contributed by atoms with Crippen LogP contribution in [-0.2, 0) is 9.59 Å². The van der Waals surface area contributed by atoms with E-state index in [9.17, 15) is 9.59 Å². The molecule has 0 radical (unpaired) electrons. The van der Waals surface area contributed by atoms with E-state index in [2.05, 4.69) is 5.32 Å². The Labute approximate surface area is 210 Å². The number of methoxy groups -OCH3 is 1. The van der Waals surface area contributed by atoms with Crippen LogP contribution in [0.25, 0.3) is 0 Å². The fourth-order valence-corrected chi connectivity index (χ4v) is 5.23. The number of nitrogens with one attached hydrogen (secondary N) is 1. The number of benzene rings is 3. The summed E-state index contributed by atoms with van der Waals surface area (Å²) in [5, 5.41) is 4.16. The molecule has 0 aromatic heterocycles. The van der Waals surface area contributed by atoms with Crippen molar-refractivity contribution in [3.05, 3.63) is 100 Å². The van der Waals surface area contributed by atoms with Crippen LogP contribution < -0.4 is 15.0 Å². The van der Waals surface area contributed by atoms with Crippen molar-refractivity contribution in [3.63, 3.8) is 0 Å². The maximum absolute atomic E-state index is 13.9. The summed E-state index contributed by atoms with van der Waals surface area (Å²) in [6.45, 7) is 1.85. The number of hydrogen-bond acceptors (Lipinski definition) is 4. The van der Waals surface area contributed by atoms with E-state index in [-0.39, 0.29) is 17.6 Å². The molecular weight excluding hydrogens is 460 g/mol. The minimum absolute atomic E-state index is 0.0334. The summed E-state index contributed by atoms with van der Waals surface area (Å²) in [4.78, 5) is 29.0. The van der Waals surface area contributed by atoms with Crippen molar-refractivity contribution in [1.29, 1.82) is 0 Å². The molecule has 178 valence electrons. The van der Waals surface area contributed by atoms with E-state index in [1.165, 1.54) is 0 Å². The van der Waals surface area contributed by atoms with Gasteiger partial charge in [-0.25, -0.2) is 0 Å². The number of carbonyl (C=O) groups excluding carboxylic acids is 2. The highest BCUT2D eigenvalue weighted by Crippen LogP contribution is 2.47. The number of fused-ring (bicyclic) bond motifs is 1. The average Bonchev–Trinajstić information content (AvgIpc) is 3.03. The highest BCUT2D eigenvalue weighted by molar-refractivity contribution is 6.30. The Bertz CT molecular complexity index is 1300. The van der Waals surface area contributed by atoms with Crippen molar-refractivity contribution in [1.82, 2.24) is 0 Å². The van der Waals surface area contributed by atoms with Gasteiger partial charge in [0.05, 0.1) is 24.5 Å². The minimum Gasteiger partial charge on any atom is -0.497 e. The van der Waals surface area contributed by atoms with Gasteiger partial charge >= 0.3 is 0 Å². The predicted octanol–water partition coefficient (Wildman–Crippen LogP) is 6.66. The Morgan fingerprint density at radius 2 is 1.69 bits per heavy atom. The van der Waals surface area contributed by atoms with Crippen LogP contribution in [0.1, 0.15) is 49.3 Å². The SMILES string of the molecule is CCC(=O)N1c2ccccc2NC2=C(C(=O)C[C@@H](c3ccc(OC)cc3)C2)[C@@H]1c1ccc(Cl)cc1. The summed E-state index contributed by atoms with van der Waals surface area (Å²) in [7, 11) is 1.64. The van der Waals surface area contributed by atoms with E-state index < -0.39 is 6.04 Å². The summed E-state index contributed by atoms with van der Waals surface area (Å²) in [5.74, 6) is 0.819. The van der Waals surface area contributed by atoms with Crippen molar-refractivity contribution in [2.24, 2.45) is 0 Å². The number of para-hydroxylation sites is 2. The van der Waals surface area contributed by atoms with E-state index in [1.807, 2.05) is 79.7 Å². The number of carbonyl (C=O) groups is 2. The quantitative estimate of drug-likeness (QED) is 0.448. The molecule has 3 aromatic rings. The predicted molar refractivity (Wildman–Crippen MR) is 139 cm³/mol. The molecule has 0 saturated carbocycles. The van der Waals surface area contributed by atoms with E-state index in [0.29, 0.717) is 29.9 Å². The van der Waals surface area contributed by atoms with E-state index >= 15 is 0 Å². The Morgan fingerprint density at radius 1 is 1.00 bits per heavy atom. The summed E-state index contributed by atoms with van der Waals surface area (Å²) in [6, 6.07) is 22.6. The maximum atomic E-state index is 13.9. The van der Waals surface area contributed by atoms with Crippen molar-refractivity contribution in [2.75, 3.05) is 17.3 Å². The first kappa shape index (κ1) is 23.2. The van der Waals surface area contributed by atoms with Gasteiger partial charge in [-0.2, -0.15) is 0 Å². The number of hydrogen-bond donors (Lipinski definition) is 1. The van der Waals surface area contributed by atoms with Crippen LogP contribution in [-0.4, -0.2) is 18.8 Å². The van der Waals surface area contributed by atoms with Crippen LogP contribution in [0.15, 0.2) is 84.1 Å². The standard InChI is InChI=1S/C29H27ClN2O3/c1-3-27(34)32-25-7-5-4-6-23(25)31-24-16-20(18-10-14-22(35-2)15-11-18)17-26(33)28(24)29(32)19-8-12-21(30)13-9-19/h4-15,20,29,31H,3,16-17H2,1-2H3/t20-,29-/m0/s1. The van der Waals surface area contributed by atoms with Crippen molar-refractivity contribution >= 4 is 34.7 Å². The molecule has 0 bridgehead atoms. The number of halogens is 1. The Morgan fingerprint density at radius 3 is 2.37 bits per heavy atom. The number of ketones is 1. The lowest BCUT2D eigenvalue weighted by molar-refractivity contribution is -0.119. The fourth-order valence-electron chi connectivity index (χ4n) is 5.11. The normalized spacial score (nSPS) is 19.4. The molecule has 1 heterocycles. The van der Waals surface area contributed by atoms with Gasteiger partial charge < -0.3 is 10.1 Å². The van der Waals surface area contributed by atoms with Crippen molar-refractivity contribution in [2.45, 2.75) is 38.1 Å². The highest BCUT2D eigenvalue weighted by Gasteiger charge is 2.41. The van der Waals surface area contributed by atoms with Gasteiger partial charge in [-0.05, 0) is 59.9 Å². The lowest BCUT2D eigenvalue weighted by Gasteiger charge is -2.35. The molecule has 3 aromatic carbocycles. The number of rotatable bonds is 4. The molecule has 2 atom stereocenters. The second-order valence-electron chi connectivity index (χ2n) is 8.91. The summed E-state index contributed by atoms with van der Waals surface area (Å²) >= 11 is 6.18. The number of anilines is 2. The fraction of sp³-hybridized carbons (Fsp3) is 0.241. The van der Waals surface area contributed by atoms with E-state index in [0.717, 1.165) is 33.9 Å². The van der Waals surface area contributed by atoms with Crippen LogP contribution >= 0.6 is 11.6 Å². The summed E-state index contributed by atoms with van der Waals surface area (Å²) in [6.07, 6.45) is 1.37. The number of allylic oxidation sites excluding steroid dienone is 1. The topological polar surface area (TPSA) is 58.6 Å². The maximum Gasteiger partial charge on any atom is 0.227 e. The Balaban J connectivity index is 1.67. The lowest BCUT2D eigenvalue weighted by Crippen LogP contribution is -2.38. The Kier molecular flexibility index (Phi) is 6.35. The zero-order valence-corrected chi connectivity index (χ0v) is 20.5. The molecular formula is C29H27ClN2O3. The zero-order chi connectivity index (χ0) is 24.5.